The molecule has 1 aliphatic rings. The Morgan fingerprint density at radius 3 is 2.29 bits per heavy atom. The van der Waals surface area contributed by atoms with Crippen LogP contribution in [-0.2, 0) is 16.6 Å². The van der Waals surface area contributed by atoms with Crippen molar-refractivity contribution in [1.29, 1.82) is 0 Å². The molecule has 1 heterocycles. The number of hydrogen-bond acceptors (Lipinski definition) is 5. The molecule has 1 aromatic heterocycles. The van der Waals surface area contributed by atoms with Crippen molar-refractivity contribution in [3.8, 4) is 11.1 Å². The van der Waals surface area contributed by atoms with Crippen molar-refractivity contribution in [2.75, 3.05) is 18.5 Å². The monoisotopic (exact) mass is 462 g/mol. The van der Waals surface area contributed by atoms with Gasteiger partial charge in [-0.3, -0.25) is 9.48 Å². The highest BCUT2D eigenvalue weighted by Gasteiger charge is 2.28. The van der Waals surface area contributed by atoms with Crippen LogP contribution < -0.4 is 10.6 Å². The van der Waals surface area contributed by atoms with Gasteiger partial charge >= 0.3 is 12.1 Å². The summed E-state index contributed by atoms with van der Waals surface area (Å²) < 4.78 is 6.68. The first-order valence-corrected chi connectivity index (χ1v) is 11.1. The third-order valence-electron chi connectivity index (χ3n) is 5.81. The van der Waals surface area contributed by atoms with Gasteiger partial charge in [0.2, 0.25) is 5.91 Å². The third kappa shape index (κ3) is 5.09. The van der Waals surface area contributed by atoms with Crippen molar-refractivity contribution >= 4 is 23.8 Å². The number of fused-ring (bicyclic) bond motifs is 3. The van der Waals surface area contributed by atoms with E-state index in [2.05, 4.69) is 40.0 Å². The number of rotatable bonds is 9. The summed E-state index contributed by atoms with van der Waals surface area (Å²) in [5.41, 5.74) is 4.66. The maximum Gasteiger partial charge on any atom is 0.407 e. The fourth-order valence-electron chi connectivity index (χ4n) is 4.18. The van der Waals surface area contributed by atoms with Crippen LogP contribution in [0.5, 0.6) is 0 Å². The van der Waals surface area contributed by atoms with E-state index in [1.54, 1.807) is 0 Å². The van der Waals surface area contributed by atoms with Crippen molar-refractivity contribution in [3.05, 3.63) is 71.4 Å². The summed E-state index contributed by atoms with van der Waals surface area (Å²) in [5.74, 6) is -1.18. The first-order chi connectivity index (χ1) is 16.4. The molecule has 3 N–H and O–H groups in total. The number of benzene rings is 2. The van der Waals surface area contributed by atoms with Gasteiger partial charge in [0.15, 0.2) is 5.82 Å². The highest BCUT2D eigenvalue weighted by atomic mass is 16.5. The first-order valence-electron chi connectivity index (χ1n) is 11.1. The predicted octanol–water partition coefficient (Wildman–Crippen LogP) is 3.77. The average molecular weight is 463 g/mol. The number of ether oxygens (including phenoxy) is 1. The van der Waals surface area contributed by atoms with Crippen LogP contribution in [0.2, 0.25) is 0 Å². The lowest BCUT2D eigenvalue weighted by atomic mass is 9.98. The minimum Gasteiger partial charge on any atom is -0.477 e. The van der Waals surface area contributed by atoms with Crippen LogP contribution in [0.25, 0.3) is 11.1 Å². The van der Waals surface area contributed by atoms with Crippen LogP contribution in [0.3, 0.4) is 0 Å². The van der Waals surface area contributed by atoms with E-state index >= 15 is 0 Å². The Hall–Kier alpha value is -4.14. The van der Waals surface area contributed by atoms with Crippen LogP contribution in [0, 0.1) is 0 Å². The lowest BCUT2D eigenvalue weighted by Crippen LogP contribution is -2.27. The van der Waals surface area contributed by atoms with E-state index in [-0.39, 0.29) is 36.4 Å². The van der Waals surface area contributed by atoms with Gasteiger partial charge in [-0.05, 0) is 35.1 Å². The third-order valence-corrected chi connectivity index (χ3v) is 5.81. The second kappa shape index (κ2) is 10.2. The summed E-state index contributed by atoms with van der Waals surface area (Å²) >= 11 is 0. The van der Waals surface area contributed by atoms with Crippen molar-refractivity contribution in [2.24, 2.45) is 7.05 Å². The molecule has 4 rings (SSSR count). The van der Waals surface area contributed by atoms with E-state index < -0.39 is 12.1 Å². The van der Waals surface area contributed by atoms with Crippen molar-refractivity contribution < 1.29 is 24.2 Å². The minimum atomic E-state index is -1.12. The van der Waals surface area contributed by atoms with Crippen LogP contribution in [0.4, 0.5) is 10.6 Å². The number of nitrogens with zero attached hydrogens (tertiary/aromatic N) is 2. The van der Waals surface area contributed by atoms with Crippen molar-refractivity contribution in [1.82, 2.24) is 15.1 Å². The number of aryl methyl sites for hydroxylation is 1. The Morgan fingerprint density at radius 2 is 1.68 bits per heavy atom. The Kier molecular flexibility index (Phi) is 6.91. The Bertz CT molecular complexity index is 1170. The SMILES string of the molecule is Cn1nc(NC(=O)CCCCNC(=O)OCC2c3ccccc3-c3ccccc32)cc1C(=O)O. The number of carbonyl (C=O) groups is 3. The molecule has 2 aromatic carbocycles. The molecule has 0 bridgehead atoms. The van der Waals surface area contributed by atoms with Gasteiger partial charge in [0, 0.05) is 32.0 Å². The molecule has 1 aliphatic carbocycles. The van der Waals surface area contributed by atoms with Gasteiger partial charge in [-0.2, -0.15) is 5.10 Å². The van der Waals surface area contributed by atoms with Crippen molar-refractivity contribution in [3.63, 3.8) is 0 Å². The number of nitrogens with one attached hydrogen (secondary N) is 2. The average Bonchev–Trinajstić information content (AvgIpc) is 3.35. The number of carbonyl (C=O) groups excluding carboxylic acids is 2. The summed E-state index contributed by atoms with van der Waals surface area (Å²) in [6, 6.07) is 17.6. The standard InChI is InChI=1S/C25H26N4O5/c1-29-21(24(31)32)14-22(28-29)27-23(30)12-6-7-13-26-25(33)34-15-20-18-10-4-2-8-16(18)17-9-3-5-11-19(17)20/h2-5,8-11,14,20H,6-7,12-13,15H2,1H3,(H,26,33)(H,31,32)(H,27,28,30). The number of alkyl carbamates (subject to hydrolysis) is 1. The topological polar surface area (TPSA) is 123 Å². The summed E-state index contributed by atoms with van der Waals surface area (Å²) in [6.07, 6.45) is 0.889. The number of aromatic nitrogens is 2. The van der Waals surface area contributed by atoms with Gasteiger partial charge in [-0.25, -0.2) is 9.59 Å². The van der Waals surface area contributed by atoms with E-state index in [4.69, 9.17) is 9.84 Å². The number of hydrogen-bond donors (Lipinski definition) is 3. The van der Waals surface area contributed by atoms with Gasteiger partial charge < -0.3 is 20.5 Å². The maximum absolute atomic E-state index is 12.2. The predicted molar refractivity (Wildman–Crippen MR) is 126 cm³/mol. The second-order valence-corrected chi connectivity index (χ2v) is 8.10. The minimum absolute atomic E-state index is 0.00934. The van der Waals surface area contributed by atoms with Crippen molar-refractivity contribution in [2.45, 2.75) is 25.2 Å². The zero-order chi connectivity index (χ0) is 24.1. The van der Waals surface area contributed by atoms with Gasteiger partial charge in [0.1, 0.15) is 12.3 Å². The smallest absolute Gasteiger partial charge is 0.407 e. The van der Waals surface area contributed by atoms with E-state index in [1.165, 1.54) is 28.9 Å². The van der Waals surface area contributed by atoms with Gasteiger partial charge in [0.05, 0.1) is 0 Å². The molecule has 176 valence electrons. The normalized spacial score (nSPS) is 12.0. The van der Waals surface area contributed by atoms with E-state index in [1.807, 2.05) is 24.3 Å². The molecule has 9 nitrogen and oxygen atoms in total. The largest absolute Gasteiger partial charge is 0.477 e. The molecular formula is C25H26N4O5. The molecule has 2 amide bonds. The molecule has 34 heavy (non-hydrogen) atoms. The number of anilines is 1. The number of carboxylic acids is 1. The van der Waals surface area contributed by atoms with E-state index in [9.17, 15) is 14.4 Å². The van der Waals surface area contributed by atoms with Crippen LogP contribution in [-0.4, -0.2) is 46.0 Å². The Balaban J connectivity index is 1.17. The summed E-state index contributed by atoms with van der Waals surface area (Å²) in [5, 5.41) is 18.3. The lowest BCUT2D eigenvalue weighted by molar-refractivity contribution is -0.116. The van der Waals surface area contributed by atoms with Crippen LogP contribution in [0.1, 0.15) is 46.8 Å². The molecule has 0 aliphatic heterocycles. The zero-order valence-electron chi connectivity index (χ0n) is 18.8. The molecule has 0 spiro atoms. The molecule has 0 saturated heterocycles. The van der Waals surface area contributed by atoms with Crippen LogP contribution >= 0.6 is 0 Å². The molecule has 0 fully saturated rings. The Morgan fingerprint density at radius 1 is 1.03 bits per heavy atom. The van der Waals surface area contributed by atoms with Gasteiger partial charge in [0.25, 0.3) is 0 Å². The molecule has 0 atom stereocenters. The fraction of sp³-hybridized carbons (Fsp3) is 0.280. The molecule has 0 saturated carbocycles. The quantitative estimate of drug-likeness (QED) is 0.416. The summed E-state index contributed by atoms with van der Waals surface area (Å²) in [6.45, 7) is 0.640. The van der Waals surface area contributed by atoms with Crippen LogP contribution in [0.15, 0.2) is 54.6 Å². The molecule has 9 heteroatoms. The molecule has 0 radical (unpaired) electrons. The summed E-state index contributed by atoms with van der Waals surface area (Å²) in [7, 11) is 1.49. The van der Waals surface area contributed by atoms with E-state index in [0.717, 1.165) is 11.1 Å². The zero-order valence-corrected chi connectivity index (χ0v) is 18.8. The van der Waals surface area contributed by atoms with E-state index in [0.29, 0.717) is 19.4 Å². The number of amides is 2. The first kappa shape index (κ1) is 23.0. The van der Waals surface area contributed by atoms with Gasteiger partial charge in [-0.1, -0.05) is 48.5 Å². The second-order valence-electron chi connectivity index (χ2n) is 8.10. The number of unbranched alkanes of at least 4 members (excludes halogenated alkanes) is 1. The molecule has 0 unspecified atom stereocenters. The molecular weight excluding hydrogens is 436 g/mol. The fourth-order valence-corrected chi connectivity index (χ4v) is 4.18. The highest BCUT2D eigenvalue weighted by Crippen LogP contribution is 2.44. The highest BCUT2D eigenvalue weighted by molar-refractivity contribution is 5.92. The van der Waals surface area contributed by atoms with Gasteiger partial charge in [-0.15, -0.1) is 0 Å². The molecule has 3 aromatic rings. The Labute approximate surface area is 196 Å². The number of carboxylic acid groups (broad SMARTS) is 1. The maximum atomic E-state index is 12.2. The summed E-state index contributed by atoms with van der Waals surface area (Å²) in [4.78, 5) is 35.2. The number of aromatic carboxylic acids is 1. The lowest BCUT2D eigenvalue weighted by Gasteiger charge is -2.14.